The summed E-state index contributed by atoms with van der Waals surface area (Å²) in [7, 11) is 4.56. The van der Waals surface area contributed by atoms with Crippen molar-refractivity contribution in [3.8, 4) is 0 Å². The van der Waals surface area contributed by atoms with Crippen LogP contribution < -0.4 is 0 Å². The summed E-state index contributed by atoms with van der Waals surface area (Å²) in [5, 5.41) is 23.9. The monoisotopic (exact) mass is 387 g/mol. The SMILES string of the molecule is CCCC(C(=O)O)C(Cc1ccc(C2CC[N+](C)(C)CC2)nc1)c1nn[nH]n1. The van der Waals surface area contributed by atoms with Crippen molar-refractivity contribution in [2.24, 2.45) is 5.92 Å². The number of carboxylic acids is 1. The highest BCUT2D eigenvalue weighted by Gasteiger charge is 2.32. The van der Waals surface area contributed by atoms with E-state index in [-0.39, 0.29) is 5.92 Å². The van der Waals surface area contributed by atoms with Crippen molar-refractivity contribution in [3.63, 3.8) is 0 Å². The zero-order chi connectivity index (χ0) is 20.1. The summed E-state index contributed by atoms with van der Waals surface area (Å²) in [6.45, 7) is 4.33. The number of carboxylic acid groups (broad SMARTS) is 1. The summed E-state index contributed by atoms with van der Waals surface area (Å²) in [5.41, 5.74) is 2.15. The number of carbonyl (C=O) groups is 1. The second-order valence-corrected chi connectivity index (χ2v) is 8.56. The van der Waals surface area contributed by atoms with Gasteiger partial charge >= 0.3 is 5.97 Å². The Morgan fingerprint density at radius 3 is 2.61 bits per heavy atom. The Bertz CT molecular complexity index is 750. The van der Waals surface area contributed by atoms with Crippen LogP contribution in [0.15, 0.2) is 18.3 Å². The van der Waals surface area contributed by atoms with Gasteiger partial charge in [-0.3, -0.25) is 9.78 Å². The van der Waals surface area contributed by atoms with E-state index in [9.17, 15) is 9.90 Å². The number of tetrazole rings is 1. The predicted octanol–water partition coefficient (Wildman–Crippen LogP) is 2.38. The maximum absolute atomic E-state index is 11.8. The number of aromatic amines is 1. The third kappa shape index (κ3) is 4.92. The van der Waals surface area contributed by atoms with Crippen LogP contribution in [-0.4, -0.2) is 68.4 Å². The Labute approximate surface area is 166 Å². The Hall–Kier alpha value is -2.35. The number of rotatable bonds is 8. The van der Waals surface area contributed by atoms with E-state index in [1.54, 1.807) is 0 Å². The summed E-state index contributed by atoms with van der Waals surface area (Å²) in [4.78, 5) is 16.5. The van der Waals surface area contributed by atoms with Crippen LogP contribution in [0.4, 0.5) is 0 Å². The minimum Gasteiger partial charge on any atom is -0.481 e. The Balaban J connectivity index is 1.73. The topological polar surface area (TPSA) is 105 Å². The summed E-state index contributed by atoms with van der Waals surface area (Å²) in [6.07, 6.45) is 6.11. The number of hydrogen-bond acceptors (Lipinski definition) is 5. The number of aromatic nitrogens is 5. The van der Waals surface area contributed by atoms with Crippen LogP contribution in [0, 0.1) is 5.92 Å². The molecule has 2 atom stereocenters. The average molecular weight is 388 g/mol. The molecule has 0 spiro atoms. The number of nitrogens with zero attached hydrogens (tertiary/aromatic N) is 5. The number of nitrogens with one attached hydrogen (secondary N) is 1. The predicted molar refractivity (Wildman–Crippen MR) is 105 cm³/mol. The number of piperidine rings is 1. The molecule has 0 aromatic carbocycles. The lowest BCUT2D eigenvalue weighted by Gasteiger charge is -2.37. The van der Waals surface area contributed by atoms with Crippen molar-refractivity contribution < 1.29 is 14.4 Å². The molecule has 0 radical (unpaired) electrons. The number of likely N-dealkylation sites (tertiary alicyclic amines) is 1. The third-order valence-corrected chi connectivity index (χ3v) is 5.98. The van der Waals surface area contributed by atoms with E-state index in [2.05, 4.69) is 46.9 Å². The second-order valence-electron chi connectivity index (χ2n) is 8.56. The van der Waals surface area contributed by atoms with Crippen molar-refractivity contribution in [2.75, 3.05) is 27.2 Å². The van der Waals surface area contributed by atoms with Crippen molar-refractivity contribution in [1.29, 1.82) is 0 Å². The molecule has 1 aliphatic rings. The van der Waals surface area contributed by atoms with Crippen molar-refractivity contribution in [2.45, 2.75) is 50.9 Å². The van der Waals surface area contributed by atoms with E-state index in [1.165, 1.54) is 13.1 Å². The molecule has 1 fully saturated rings. The summed E-state index contributed by atoms with van der Waals surface area (Å²) >= 11 is 0. The van der Waals surface area contributed by atoms with E-state index < -0.39 is 11.9 Å². The standard InChI is InChI=1S/C20H30N6O2/c1-4-5-16(20(27)28)17(19-22-24-25-23-19)12-14-6-7-18(21-13-14)15-8-10-26(2,3)11-9-15/h6-7,13,15-17H,4-5,8-12H2,1-3H3,(H-,22,23,24,25,27,28)/p+1. The van der Waals surface area contributed by atoms with Crippen LogP contribution >= 0.6 is 0 Å². The van der Waals surface area contributed by atoms with Gasteiger partial charge in [-0.15, -0.1) is 10.2 Å². The second kappa shape index (κ2) is 8.77. The van der Waals surface area contributed by atoms with Gasteiger partial charge in [-0.1, -0.05) is 24.6 Å². The Morgan fingerprint density at radius 1 is 1.32 bits per heavy atom. The van der Waals surface area contributed by atoms with Crippen LogP contribution in [0.2, 0.25) is 0 Å². The third-order valence-electron chi connectivity index (χ3n) is 5.98. The molecule has 152 valence electrons. The summed E-state index contributed by atoms with van der Waals surface area (Å²) in [6, 6.07) is 4.18. The molecule has 8 nitrogen and oxygen atoms in total. The number of aliphatic carboxylic acids is 1. The van der Waals surface area contributed by atoms with Gasteiger partial charge in [0, 0.05) is 36.6 Å². The zero-order valence-corrected chi connectivity index (χ0v) is 17.0. The highest BCUT2D eigenvalue weighted by Crippen LogP contribution is 2.31. The molecule has 0 bridgehead atoms. The molecular formula is C20H31N6O2+. The van der Waals surface area contributed by atoms with Gasteiger partial charge < -0.3 is 9.59 Å². The molecular weight excluding hydrogens is 356 g/mol. The molecule has 2 unspecified atom stereocenters. The van der Waals surface area contributed by atoms with E-state index in [4.69, 9.17) is 4.98 Å². The van der Waals surface area contributed by atoms with Gasteiger partial charge in [-0.05, 0) is 24.5 Å². The number of H-pyrrole nitrogens is 1. The van der Waals surface area contributed by atoms with Crippen LogP contribution in [0.5, 0.6) is 0 Å². The molecule has 0 aliphatic carbocycles. The smallest absolute Gasteiger partial charge is 0.307 e. The molecule has 1 saturated heterocycles. The molecule has 2 aromatic rings. The average Bonchev–Trinajstić information content (AvgIpc) is 3.19. The van der Waals surface area contributed by atoms with Crippen LogP contribution in [0.25, 0.3) is 0 Å². The Morgan fingerprint density at radius 2 is 2.07 bits per heavy atom. The molecule has 0 amide bonds. The number of pyridine rings is 1. The fourth-order valence-electron chi connectivity index (χ4n) is 4.16. The molecule has 3 heterocycles. The van der Waals surface area contributed by atoms with E-state index >= 15 is 0 Å². The van der Waals surface area contributed by atoms with E-state index in [0.29, 0.717) is 24.6 Å². The van der Waals surface area contributed by atoms with E-state index in [0.717, 1.165) is 35.0 Å². The van der Waals surface area contributed by atoms with Crippen LogP contribution in [0.3, 0.4) is 0 Å². The molecule has 0 saturated carbocycles. The Kier molecular flexibility index (Phi) is 6.39. The molecule has 28 heavy (non-hydrogen) atoms. The molecule has 8 heteroatoms. The fraction of sp³-hybridized carbons (Fsp3) is 0.650. The van der Waals surface area contributed by atoms with Crippen molar-refractivity contribution in [1.82, 2.24) is 25.6 Å². The highest BCUT2D eigenvalue weighted by molar-refractivity contribution is 5.71. The first-order valence-corrected chi connectivity index (χ1v) is 10.1. The first-order chi connectivity index (χ1) is 13.4. The minimum absolute atomic E-state index is 0.323. The van der Waals surface area contributed by atoms with Crippen molar-refractivity contribution >= 4 is 5.97 Å². The fourth-order valence-corrected chi connectivity index (χ4v) is 4.16. The maximum atomic E-state index is 11.8. The van der Waals surface area contributed by atoms with Gasteiger partial charge in [-0.2, -0.15) is 5.21 Å². The van der Waals surface area contributed by atoms with Gasteiger partial charge in [0.2, 0.25) is 0 Å². The van der Waals surface area contributed by atoms with Crippen LogP contribution in [0.1, 0.15) is 61.5 Å². The lowest BCUT2D eigenvalue weighted by Crippen LogP contribution is -2.45. The van der Waals surface area contributed by atoms with Gasteiger partial charge in [0.15, 0.2) is 5.82 Å². The molecule has 2 aromatic heterocycles. The maximum Gasteiger partial charge on any atom is 0.307 e. The largest absolute Gasteiger partial charge is 0.481 e. The van der Waals surface area contributed by atoms with Gasteiger partial charge in [0.05, 0.1) is 33.1 Å². The number of quaternary nitrogens is 1. The lowest BCUT2D eigenvalue weighted by atomic mass is 9.83. The lowest BCUT2D eigenvalue weighted by molar-refractivity contribution is -0.895. The first-order valence-electron chi connectivity index (χ1n) is 10.1. The normalized spacial score (nSPS) is 19.2. The summed E-state index contributed by atoms with van der Waals surface area (Å²) in [5.74, 6) is -0.710. The molecule has 3 rings (SSSR count). The van der Waals surface area contributed by atoms with Crippen molar-refractivity contribution in [3.05, 3.63) is 35.4 Å². The van der Waals surface area contributed by atoms with E-state index in [1.807, 2.05) is 13.1 Å². The molecule has 1 aliphatic heterocycles. The first kappa shape index (κ1) is 20.4. The van der Waals surface area contributed by atoms with Gasteiger partial charge in [0.1, 0.15) is 0 Å². The van der Waals surface area contributed by atoms with Gasteiger partial charge in [-0.25, -0.2) is 0 Å². The zero-order valence-electron chi connectivity index (χ0n) is 17.0. The summed E-state index contributed by atoms with van der Waals surface area (Å²) < 4.78 is 1.08. The molecule has 2 N–H and O–H groups in total. The number of hydrogen-bond donors (Lipinski definition) is 2. The van der Waals surface area contributed by atoms with Crippen LogP contribution in [-0.2, 0) is 11.2 Å². The highest BCUT2D eigenvalue weighted by atomic mass is 16.4. The quantitative estimate of drug-likeness (QED) is 0.674. The van der Waals surface area contributed by atoms with Gasteiger partial charge in [0.25, 0.3) is 0 Å². The minimum atomic E-state index is -0.816.